The summed E-state index contributed by atoms with van der Waals surface area (Å²) >= 11 is 7.11. The molecule has 0 bridgehead atoms. The van der Waals surface area contributed by atoms with Crippen molar-refractivity contribution in [3.63, 3.8) is 0 Å². The Morgan fingerprint density at radius 3 is 2.88 bits per heavy atom. The normalized spacial score (nSPS) is 17.0. The SMILES string of the molecule is CC#CCn1c(N2CCC[C@@H](N)C2)cc(=O)n(Cc2csc(Cl)n2)c1=O. The Hall–Kier alpha value is -2.08. The van der Waals surface area contributed by atoms with Crippen molar-refractivity contribution in [3.8, 4) is 11.8 Å². The van der Waals surface area contributed by atoms with Gasteiger partial charge in [0.25, 0.3) is 5.56 Å². The lowest BCUT2D eigenvalue weighted by Crippen LogP contribution is -2.48. The number of nitrogens with zero attached hydrogens (tertiary/aromatic N) is 4. The molecular formula is C17H20ClN5O2S. The Morgan fingerprint density at radius 2 is 2.23 bits per heavy atom. The van der Waals surface area contributed by atoms with Crippen LogP contribution in [0.1, 0.15) is 25.5 Å². The minimum absolute atomic E-state index is 0.0316. The summed E-state index contributed by atoms with van der Waals surface area (Å²) < 4.78 is 3.07. The molecule has 2 N–H and O–H groups in total. The van der Waals surface area contributed by atoms with Crippen molar-refractivity contribution < 1.29 is 0 Å². The number of anilines is 1. The molecule has 0 amide bonds. The number of rotatable bonds is 4. The minimum Gasteiger partial charge on any atom is -0.356 e. The third kappa shape index (κ3) is 4.01. The fourth-order valence-corrected chi connectivity index (χ4v) is 3.83. The van der Waals surface area contributed by atoms with Crippen LogP contribution in [0.25, 0.3) is 0 Å². The molecule has 1 atom stereocenters. The highest BCUT2D eigenvalue weighted by Crippen LogP contribution is 2.18. The van der Waals surface area contributed by atoms with Crippen LogP contribution in [0.15, 0.2) is 21.0 Å². The van der Waals surface area contributed by atoms with Gasteiger partial charge in [-0.25, -0.2) is 9.78 Å². The van der Waals surface area contributed by atoms with Crippen LogP contribution in [0.2, 0.25) is 4.47 Å². The summed E-state index contributed by atoms with van der Waals surface area (Å²) in [5.74, 6) is 6.29. The van der Waals surface area contributed by atoms with Crippen LogP contribution in [0.3, 0.4) is 0 Å². The van der Waals surface area contributed by atoms with Gasteiger partial charge in [0.1, 0.15) is 5.82 Å². The van der Waals surface area contributed by atoms with Gasteiger partial charge in [0.05, 0.1) is 18.8 Å². The van der Waals surface area contributed by atoms with E-state index < -0.39 is 5.69 Å². The molecule has 9 heteroatoms. The highest BCUT2D eigenvalue weighted by molar-refractivity contribution is 7.13. The number of aromatic nitrogens is 3. The van der Waals surface area contributed by atoms with E-state index in [1.54, 1.807) is 12.3 Å². The van der Waals surface area contributed by atoms with Crippen molar-refractivity contribution in [2.24, 2.45) is 5.73 Å². The molecule has 3 rings (SSSR count). The monoisotopic (exact) mass is 393 g/mol. The number of thiazole rings is 1. The lowest BCUT2D eigenvalue weighted by atomic mass is 10.1. The average molecular weight is 394 g/mol. The molecule has 0 unspecified atom stereocenters. The largest absolute Gasteiger partial charge is 0.356 e. The van der Waals surface area contributed by atoms with Crippen molar-refractivity contribution in [3.05, 3.63) is 42.4 Å². The maximum atomic E-state index is 13.0. The first-order valence-corrected chi connectivity index (χ1v) is 9.60. The molecule has 2 aromatic heterocycles. The fraction of sp³-hybridized carbons (Fsp3) is 0.471. The zero-order chi connectivity index (χ0) is 18.7. The van der Waals surface area contributed by atoms with Crippen molar-refractivity contribution in [2.45, 2.75) is 38.9 Å². The Kier molecular flexibility index (Phi) is 5.81. The van der Waals surface area contributed by atoms with E-state index in [1.165, 1.54) is 22.0 Å². The van der Waals surface area contributed by atoms with E-state index in [-0.39, 0.29) is 24.7 Å². The van der Waals surface area contributed by atoms with Gasteiger partial charge in [-0.3, -0.25) is 13.9 Å². The third-order valence-corrected chi connectivity index (χ3v) is 5.32. The van der Waals surface area contributed by atoms with Gasteiger partial charge in [0.2, 0.25) is 0 Å². The molecule has 1 saturated heterocycles. The fourth-order valence-electron chi connectivity index (χ4n) is 3.05. The summed E-state index contributed by atoms with van der Waals surface area (Å²) in [5.41, 5.74) is 5.88. The predicted octanol–water partition coefficient (Wildman–Crippen LogP) is 1.12. The molecule has 0 spiro atoms. The summed E-state index contributed by atoms with van der Waals surface area (Å²) in [6.45, 7) is 3.39. The smallest absolute Gasteiger partial charge is 0.333 e. The summed E-state index contributed by atoms with van der Waals surface area (Å²) in [7, 11) is 0. The van der Waals surface area contributed by atoms with E-state index in [1.807, 2.05) is 4.90 Å². The number of hydrogen-bond donors (Lipinski definition) is 1. The van der Waals surface area contributed by atoms with Crippen LogP contribution in [-0.2, 0) is 13.1 Å². The second-order valence-electron chi connectivity index (χ2n) is 6.16. The summed E-state index contributed by atoms with van der Waals surface area (Å²) in [4.78, 5) is 31.7. The van der Waals surface area contributed by atoms with Crippen LogP contribution in [0.4, 0.5) is 5.82 Å². The first kappa shape index (κ1) is 18.7. The van der Waals surface area contributed by atoms with Crippen LogP contribution < -0.4 is 21.9 Å². The maximum Gasteiger partial charge on any atom is 0.333 e. The second kappa shape index (κ2) is 8.08. The predicted molar refractivity (Wildman–Crippen MR) is 104 cm³/mol. The highest BCUT2D eigenvalue weighted by atomic mass is 35.5. The van der Waals surface area contributed by atoms with Crippen LogP contribution in [0, 0.1) is 11.8 Å². The van der Waals surface area contributed by atoms with Gasteiger partial charge >= 0.3 is 5.69 Å². The molecule has 0 aliphatic carbocycles. The first-order chi connectivity index (χ1) is 12.5. The first-order valence-electron chi connectivity index (χ1n) is 8.34. The van der Waals surface area contributed by atoms with Gasteiger partial charge in [0.15, 0.2) is 4.47 Å². The zero-order valence-corrected chi connectivity index (χ0v) is 16.0. The number of hydrogen-bond acceptors (Lipinski definition) is 6. The van der Waals surface area contributed by atoms with E-state index in [9.17, 15) is 9.59 Å². The van der Waals surface area contributed by atoms with Gasteiger partial charge < -0.3 is 10.6 Å². The van der Waals surface area contributed by atoms with Crippen molar-refractivity contribution in [2.75, 3.05) is 18.0 Å². The topological polar surface area (TPSA) is 86.2 Å². The molecular weight excluding hydrogens is 374 g/mol. The quantitative estimate of drug-likeness (QED) is 0.786. The molecule has 3 heterocycles. The summed E-state index contributed by atoms with van der Waals surface area (Å²) in [6.07, 6.45) is 1.87. The zero-order valence-electron chi connectivity index (χ0n) is 14.4. The van der Waals surface area contributed by atoms with Gasteiger partial charge in [-0.1, -0.05) is 17.5 Å². The lowest BCUT2D eigenvalue weighted by Gasteiger charge is -2.33. The Morgan fingerprint density at radius 1 is 1.42 bits per heavy atom. The van der Waals surface area contributed by atoms with Gasteiger partial charge in [-0.05, 0) is 19.8 Å². The Bertz CT molecular complexity index is 968. The van der Waals surface area contributed by atoms with E-state index >= 15 is 0 Å². The van der Waals surface area contributed by atoms with Crippen LogP contribution in [-0.4, -0.2) is 33.2 Å². The molecule has 2 aromatic rings. The van der Waals surface area contributed by atoms with E-state index in [0.717, 1.165) is 24.0 Å². The van der Waals surface area contributed by atoms with E-state index in [4.69, 9.17) is 17.3 Å². The second-order valence-corrected chi connectivity index (χ2v) is 7.60. The van der Waals surface area contributed by atoms with Gasteiger partial charge in [0, 0.05) is 30.6 Å². The van der Waals surface area contributed by atoms with Crippen molar-refractivity contribution >= 4 is 28.8 Å². The lowest BCUT2D eigenvalue weighted by molar-refractivity contribution is 0.491. The van der Waals surface area contributed by atoms with Gasteiger partial charge in [-0.15, -0.1) is 17.3 Å². The molecule has 7 nitrogen and oxygen atoms in total. The van der Waals surface area contributed by atoms with E-state index in [2.05, 4.69) is 16.8 Å². The molecule has 0 saturated carbocycles. The summed E-state index contributed by atoms with van der Waals surface area (Å²) in [6, 6.07) is 1.52. The number of nitrogens with two attached hydrogens (primary N) is 1. The van der Waals surface area contributed by atoms with Gasteiger partial charge in [-0.2, -0.15) is 0 Å². The average Bonchev–Trinajstić information content (AvgIpc) is 3.02. The summed E-state index contributed by atoms with van der Waals surface area (Å²) in [5, 5.41) is 1.74. The van der Waals surface area contributed by atoms with Crippen molar-refractivity contribution in [1.82, 2.24) is 14.1 Å². The molecule has 26 heavy (non-hydrogen) atoms. The molecule has 0 radical (unpaired) electrons. The van der Waals surface area contributed by atoms with Crippen LogP contribution in [0.5, 0.6) is 0 Å². The van der Waals surface area contributed by atoms with E-state index in [0.29, 0.717) is 22.5 Å². The Labute approximate surface area is 160 Å². The Balaban J connectivity index is 2.06. The molecule has 138 valence electrons. The van der Waals surface area contributed by atoms with Crippen molar-refractivity contribution in [1.29, 1.82) is 0 Å². The number of piperidine rings is 1. The standard InChI is InChI=1S/C17H20ClN5O2S/c1-2-3-7-22-14(21-6-4-5-12(19)9-21)8-15(24)23(17(22)25)10-13-11-26-16(18)20-13/h8,11-12H,4-7,9-10,19H2,1H3/t12-/m1/s1. The number of halogens is 1. The molecule has 1 aliphatic heterocycles. The molecule has 1 aliphatic rings. The maximum absolute atomic E-state index is 13.0. The molecule has 1 fully saturated rings. The third-order valence-electron chi connectivity index (χ3n) is 4.30. The molecule has 0 aromatic carbocycles. The van der Waals surface area contributed by atoms with Crippen LogP contribution >= 0.6 is 22.9 Å². The minimum atomic E-state index is -0.404. The highest BCUT2D eigenvalue weighted by Gasteiger charge is 2.22.